The van der Waals surface area contributed by atoms with E-state index in [2.05, 4.69) is 24.1 Å². The Labute approximate surface area is 108 Å². The number of hydrogen-bond acceptors (Lipinski definition) is 4. The van der Waals surface area contributed by atoms with Gasteiger partial charge in [-0.15, -0.1) is 0 Å². The van der Waals surface area contributed by atoms with Gasteiger partial charge in [0.2, 0.25) is 0 Å². The average molecular weight is 252 g/mol. The van der Waals surface area contributed by atoms with Gasteiger partial charge in [-0.2, -0.15) is 0 Å². The summed E-state index contributed by atoms with van der Waals surface area (Å²) in [6.45, 7) is 7.00. The van der Waals surface area contributed by atoms with Crippen LogP contribution in [0.25, 0.3) is 0 Å². The second-order valence-corrected chi connectivity index (χ2v) is 4.51. The SMILES string of the molecule is CC(C)COCC(C)OC(=O)Nc1cccnc1. The highest BCUT2D eigenvalue weighted by Gasteiger charge is 2.10. The maximum Gasteiger partial charge on any atom is 0.412 e. The van der Waals surface area contributed by atoms with Gasteiger partial charge in [-0.05, 0) is 25.0 Å². The van der Waals surface area contributed by atoms with Crippen molar-refractivity contribution in [2.24, 2.45) is 5.92 Å². The maximum atomic E-state index is 11.5. The molecule has 1 heterocycles. The number of anilines is 1. The number of nitrogens with one attached hydrogen (secondary N) is 1. The average Bonchev–Trinajstić information content (AvgIpc) is 2.29. The summed E-state index contributed by atoms with van der Waals surface area (Å²) in [5.74, 6) is 0.474. The number of amides is 1. The number of rotatable bonds is 6. The van der Waals surface area contributed by atoms with Crippen LogP contribution in [0.1, 0.15) is 20.8 Å². The predicted molar refractivity (Wildman–Crippen MR) is 69.5 cm³/mol. The van der Waals surface area contributed by atoms with Crippen LogP contribution in [0.5, 0.6) is 0 Å². The summed E-state index contributed by atoms with van der Waals surface area (Å²) in [4.78, 5) is 15.4. The molecule has 0 saturated heterocycles. The van der Waals surface area contributed by atoms with Crippen LogP contribution in [-0.4, -0.2) is 30.4 Å². The first-order valence-electron chi connectivity index (χ1n) is 6.03. The first kappa shape index (κ1) is 14.4. The van der Waals surface area contributed by atoms with Crippen molar-refractivity contribution in [2.45, 2.75) is 26.9 Å². The van der Waals surface area contributed by atoms with Gasteiger partial charge in [0.05, 0.1) is 18.5 Å². The Morgan fingerprint density at radius 1 is 1.39 bits per heavy atom. The van der Waals surface area contributed by atoms with Crippen molar-refractivity contribution in [3.05, 3.63) is 24.5 Å². The molecule has 0 fully saturated rings. The van der Waals surface area contributed by atoms with Gasteiger partial charge in [0, 0.05) is 12.8 Å². The highest BCUT2D eigenvalue weighted by Crippen LogP contribution is 2.04. The zero-order chi connectivity index (χ0) is 13.4. The van der Waals surface area contributed by atoms with E-state index in [9.17, 15) is 4.79 Å². The van der Waals surface area contributed by atoms with Crippen LogP contribution in [0.15, 0.2) is 24.5 Å². The molecule has 0 aliphatic carbocycles. The number of ether oxygens (including phenoxy) is 2. The third kappa shape index (κ3) is 6.20. The minimum Gasteiger partial charge on any atom is -0.444 e. The Hall–Kier alpha value is -1.62. The molecule has 100 valence electrons. The topological polar surface area (TPSA) is 60.5 Å². The van der Waals surface area contributed by atoms with E-state index < -0.39 is 6.09 Å². The summed E-state index contributed by atoms with van der Waals surface area (Å²) in [7, 11) is 0. The van der Waals surface area contributed by atoms with E-state index >= 15 is 0 Å². The lowest BCUT2D eigenvalue weighted by Crippen LogP contribution is -2.24. The molecule has 0 aliphatic heterocycles. The van der Waals surface area contributed by atoms with Gasteiger partial charge in [-0.25, -0.2) is 4.79 Å². The third-order valence-corrected chi connectivity index (χ3v) is 2.02. The van der Waals surface area contributed by atoms with Crippen molar-refractivity contribution >= 4 is 11.8 Å². The van der Waals surface area contributed by atoms with Crippen LogP contribution < -0.4 is 5.32 Å². The van der Waals surface area contributed by atoms with Crippen LogP contribution in [-0.2, 0) is 9.47 Å². The molecule has 1 aromatic rings. The molecule has 0 radical (unpaired) electrons. The van der Waals surface area contributed by atoms with Crippen molar-refractivity contribution in [3.63, 3.8) is 0 Å². The standard InChI is InChI=1S/C13H20N2O3/c1-10(2)8-17-9-11(3)18-13(16)15-12-5-4-6-14-7-12/h4-7,10-11H,8-9H2,1-3H3,(H,15,16). The monoisotopic (exact) mass is 252 g/mol. The molecule has 1 atom stereocenters. The Morgan fingerprint density at radius 2 is 2.17 bits per heavy atom. The van der Waals surface area contributed by atoms with Crippen molar-refractivity contribution in [1.29, 1.82) is 0 Å². The largest absolute Gasteiger partial charge is 0.444 e. The van der Waals surface area contributed by atoms with Gasteiger partial charge in [0.1, 0.15) is 6.10 Å². The van der Waals surface area contributed by atoms with Gasteiger partial charge in [-0.1, -0.05) is 13.8 Å². The quantitative estimate of drug-likeness (QED) is 0.845. The number of nitrogens with zero attached hydrogens (tertiary/aromatic N) is 1. The van der Waals surface area contributed by atoms with Gasteiger partial charge < -0.3 is 9.47 Å². The lowest BCUT2D eigenvalue weighted by atomic mass is 10.2. The van der Waals surface area contributed by atoms with Gasteiger partial charge in [0.15, 0.2) is 0 Å². The van der Waals surface area contributed by atoms with Crippen molar-refractivity contribution < 1.29 is 14.3 Å². The molecule has 0 bridgehead atoms. The van der Waals surface area contributed by atoms with Crippen molar-refractivity contribution in [3.8, 4) is 0 Å². The van der Waals surface area contributed by atoms with Crippen LogP contribution >= 0.6 is 0 Å². The molecule has 0 spiro atoms. The zero-order valence-electron chi connectivity index (χ0n) is 11.1. The molecule has 1 amide bonds. The maximum absolute atomic E-state index is 11.5. The molecule has 1 N–H and O–H groups in total. The van der Waals surface area contributed by atoms with Gasteiger partial charge in [0.25, 0.3) is 0 Å². The van der Waals surface area contributed by atoms with Crippen LogP contribution in [0, 0.1) is 5.92 Å². The summed E-state index contributed by atoms with van der Waals surface area (Å²) in [6, 6.07) is 3.49. The molecule has 0 aliphatic rings. The molecule has 1 unspecified atom stereocenters. The third-order valence-electron chi connectivity index (χ3n) is 2.02. The van der Waals surface area contributed by atoms with E-state index in [-0.39, 0.29) is 6.10 Å². The van der Waals surface area contributed by atoms with Crippen molar-refractivity contribution in [1.82, 2.24) is 4.98 Å². The molecule has 5 heteroatoms. The van der Waals surface area contributed by atoms with E-state index in [1.165, 1.54) is 0 Å². The number of hydrogen-bond donors (Lipinski definition) is 1. The fraction of sp³-hybridized carbons (Fsp3) is 0.538. The lowest BCUT2D eigenvalue weighted by Gasteiger charge is -2.14. The van der Waals surface area contributed by atoms with E-state index in [1.807, 2.05) is 0 Å². The minimum absolute atomic E-state index is 0.277. The van der Waals surface area contributed by atoms with Crippen LogP contribution in [0.4, 0.5) is 10.5 Å². The van der Waals surface area contributed by atoms with Crippen LogP contribution in [0.2, 0.25) is 0 Å². The van der Waals surface area contributed by atoms with Crippen molar-refractivity contribution in [2.75, 3.05) is 18.5 Å². The summed E-state index contributed by atoms with van der Waals surface area (Å²) < 4.78 is 10.5. The first-order valence-corrected chi connectivity index (χ1v) is 6.03. The number of aromatic nitrogens is 1. The normalized spacial score (nSPS) is 12.2. The molecule has 5 nitrogen and oxygen atoms in total. The molecule has 1 aromatic heterocycles. The lowest BCUT2D eigenvalue weighted by molar-refractivity contribution is 0.0245. The summed E-state index contributed by atoms with van der Waals surface area (Å²) in [6.07, 6.45) is 2.42. The smallest absolute Gasteiger partial charge is 0.412 e. The molecule has 18 heavy (non-hydrogen) atoms. The van der Waals surface area contributed by atoms with Crippen LogP contribution in [0.3, 0.4) is 0 Å². The number of carbonyl (C=O) groups is 1. The highest BCUT2D eigenvalue weighted by atomic mass is 16.6. The molecular weight excluding hydrogens is 232 g/mol. The predicted octanol–water partition coefficient (Wildman–Crippen LogP) is 2.69. The van der Waals surface area contributed by atoms with E-state index in [0.29, 0.717) is 24.8 Å². The van der Waals surface area contributed by atoms with E-state index in [4.69, 9.17) is 9.47 Å². The fourth-order valence-electron chi connectivity index (χ4n) is 1.27. The molecular formula is C13H20N2O3. The molecule has 1 rings (SSSR count). The Kier molecular flexibility index (Phi) is 6.14. The second-order valence-electron chi connectivity index (χ2n) is 4.51. The Balaban J connectivity index is 2.23. The van der Waals surface area contributed by atoms with E-state index in [0.717, 1.165) is 0 Å². The highest BCUT2D eigenvalue weighted by molar-refractivity contribution is 5.84. The first-order chi connectivity index (χ1) is 8.58. The minimum atomic E-state index is -0.497. The Morgan fingerprint density at radius 3 is 2.78 bits per heavy atom. The molecule has 0 saturated carbocycles. The summed E-state index contributed by atoms with van der Waals surface area (Å²) in [5.41, 5.74) is 0.609. The number of pyridine rings is 1. The van der Waals surface area contributed by atoms with Gasteiger partial charge >= 0.3 is 6.09 Å². The molecule has 0 aromatic carbocycles. The number of carbonyl (C=O) groups excluding carboxylic acids is 1. The summed E-state index contributed by atoms with van der Waals surface area (Å²) in [5, 5.41) is 2.59. The second kappa shape index (κ2) is 7.66. The Bertz CT molecular complexity index is 355. The van der Waals surface area contributed by atoms with E-state index in [1.54, 1.807) is 31.5 Å². The summed E-state index contributed by atoms with van der Waals surface area (Å²) >= 11 is 0. The zero-order valence-corrected chi connectivity index (χ0v) is 11.1. The fourth-order valence-corrected chi connectivity index (χ4v) is 1.27. The van der Waals surface area contributed by atoms with Gasteiger partial charge in [-0.3, -0.25) is 10.3 Å².